The monoisotopic (exact) mass is 412 g/mol. The molecule has 3 nitrogen and oxygen atoms in total. The van der Waals surface area contributed by atoms with Gasteiger partial charge in [-0.2, -0.15) is 0 Å². The van der Waals surface area contributed by atoms with Crippen molar-refractivity contribution in [3.8, 4) is 0 Å². The van der Waals surface area contributed by atoms with Crippen LogP contribution >= 0.6 is 0 Å². The van der Waals surface area contributed by atoms with Crippen molar-refractivity contribution in [2.24, 2.45) is 29.1 Å². The fourth-order valence-electron chi connectivity index (χ4n) is 6.63. The van der Waals surface area contributed by atoms with Gasteiger partial charge in [0.1, 0.15) is 0 Å². The summed E-state index contributed by atoms with van der Waals surface area (Å²) in [6.45, 7) is 8.88. The molecule has 0 heterocycles. The molecule has 0 bridgehead atoms. The highest BCUT2D eigenvalue weighted by Gasteiger charge is 2.50. The molecule has 166 valence electrons. The highest BCUT2D eigenvalue weighted by molar-refractivity contribution is 5.38. The third-order valence-corrected chi connectivity index (χ3v) is 8.65. The first-order valence-electron chi connectivity index (χ1n) is 12.1. The summed E-state index contributed by atoms with van der Waals surface area (Å²) < 4.78 is 0. The Bertz CT molecular complexity index is 743. The summed E-state index contributed by atoms with van der Waals surface area (Å²) in [5.41, 5.74) is 3.63. The number of hydrogen-bond donors (Lipinski definition) is 3. The van der Waals surface area contributed by atoms with E-state index < -0.39 is 12.2 Å². The highest BCUT2D eigenvalue weighted by atomic mass is 16.3. The fourth-order valence-corrected chi connectivity index (χ4v) is 6.63. The molecule has 0 spiro atoms. The van der Waals surface area contributed by atoms with Crippen molar-refractivity contribution in [2.75, 3.05) is 0 Å². The molecule has 7 atom stereocenters. The Hall–Kier alpha value is -1.16. The van der Waals surface area contributed by atoms with E-state index in [9.17, 15) is 15.3 Å². The molecular weight excluding hydrogens is 372 g/mol. The molecule has 4 fully saturated rings. The maximum atomic E-state index is 10.2. The molecule has 4 aliphatic carbocycles. The first-order valence-corrected chi connectivity index (χ1v) is 12.1. The van der Waals surface area contributed by atoms with Crippen LogP contribution in [0, 0.1) is 29.1 Å². The second-order valence-corrected chi connectivity index (χ2v) is 10.7. The quantitative estimate of drug-likeness (QED) is 0.551. The van der Waals surface area contributed by atoms with Gasteiger partial charge in [0.15, 0.2) is 0 Å². The average molecular weight is 413 g/mol. The molecule has 0 amide bonds. The van der Waals surface area contributed by atoms with Gasteiger partial charge < -0.3 is 15.3 Å². The SMILES string of the molecule is C=C1/C(=C/C=C2\CCC[C@]3(C)[C@@H]([C@H](C)/C=C/[C@@H](O)C4CC4)CC[C@@H]23)C[C@@H](O)C[C@H]1O. The van der Waals surface area contributed by atoms with Crippen LogP contribution in [0.2, 0.25) is 0 Å². The first kappa shape index (κ1) is 22.0. The standard InChI is InChI=1S/C27H40O3/c1-17(6-13-25(29)20-8-9-20)23-11-12-24-19(5-4-14-27(23,24)3)7-10-21-15-22(28)16-26(30)18(21)2/h6-7,10,13,17,20,22-26,28-30H,2,4-5,8-9,11-12,14-16H2,1,3H3/b13-6+,19-7+,21-10+/t17-,22-,23-,24+,25-,26-,27-/m1/s1. The van der Waals surface area contributed by atoms with Gasteiger partial charge in [0.05, 0.1) is 18.3 Å². The molecule has 0 aromatic rings. The van der Waals surface area contributed by atoms with Crippen molar-refractivity contribution >= 4 is 0 Å². The van der Waals surface area contributed by atoms with E-state index in [1.165, 1.54) is 44.1 Å². The van der Waals surface area contributed by atoms with Crippen molar-refractivity contribution < 1.29 is 15.3 Å². The van der Waals surface area contributed by atoms with Crippen molar-refractivity contribution in [3.05, 3.63) is 47.6 Å². The van der Waals surface area contributed by atoms with Gasteiger partial charge in [-0.05, 0) is 91.6 Å². The third kappa shape index (κ3) is 4.40. The van der Waals surface area contributed by atoms with E-state index in [2.05, 4.69) is 44.7 Å². The van der Waals surface area contributed by atoms with E-state index in [1.807, 2.05) is 0 Å². The van der Waals surface area contributed by atoms with E-state index in [0.717, 1.165) is 17.6 Å². The van der Waals surface area contributed by atoms with Gasteiger partial charge in [-0.15, -0.1) is 0 Å². The fraction of sp³-hybridized carbons (Fsp3) is 0.704. The molecule has 4 saturated carbocycles. The van der Waals surface area contributed by atoms with Crippen LogP contribution in [-0.2, 0) is 0 Å². The number of allylic oxidation sites excluding steroid dienone is 4. The van der Waals surface area contributed by atoms with Gasteiger partial charge >= 0.3 is 0 Å². The molecular formula is C27H40O3. The van der Waals surface area contributed by atoms with E-state index in [-0.39, 0.29) is 6.10 Å². The zero-order valence-electron chi connectivity index (χ0n) is 18.8. The summed E-state index contributed by atoms with van der Waals surface area (Å²) in [4.78, 5) is 0. The second-order valence-electron chi connectivity index (χ2n) is 10.7. The maximum absolute atomic E-state index is 10.2. The lowest BCUT2D eigenvalue weighted by molar-refractivity contribution is 0.0862. The predicted molar refractivity (Wildman–Crippen MR) is 122 cm³/mol. The molecule has 0 aromatic carbocycles. The molecule has 0 aliphatic heterocycles. The van der Waals surface area contributed by atoms with Crippen LogP contribution in [0.3, 0.4) is 0 Å². The van der Waals surface area contributed by atoms with Crippen LogP contribution in [0.15, 0.2) is 47.6 Å². The van der Waals surface area contributed by atoms with Gasteiger partial charge in [-0.25, -0.2) is 0 Å². The smallest absolute Gasteiger partial charge is 0.0811 e. The Morgan fingerprint density at radius 3 is 2.60 bits per heavy atom. The summed E-state index contributed by atoms with van der Waals surface area (Å²) >= 11 is 0. The normalized spacial score (nSPS) is 42.1. The lowest BCUT2D eigenvalue weighted by Gasteiger charge is -2.44. The summed E-state index contributed by atoms with van der Waals surface area (Å²) in [5, 5.41) is 30.4. The lowest BCUT2D eigenvalue weighted by Crippen LogP contribution is -2.35. The molecule has 4 aliphatic rings. The molecule has 0 radical (unpaired) electrons. The lowest BCUT2D eigenvalue weighted by atomic mass is 9.61. The zero-order chi connectivity index (χ0) is 21.5. The second kappa shape index (κ2) is 8.76. The summed E-state index contributed by atoms with van der Waals surface area (Å²) in [6.07, 6.45) is 16.9. The van der Waals surface area contributed by atoms with Crippen LogP contribution in [0.4, 0.5) is 0 Å². The van der Waals surface area contributed by atoms with E-state index >= 15 is 0 Å². The van der Waals surface area contributed by atoms with Gasteiger partial charge in [0.2, 0.25) is 0 Å². The molecule has 0 unspecified atom stereocenters. The number of hydrogen-bond acceptors (Lipinski definition) is 3. The maximum Gasteiger partial charge on any atom is 0.0811 e. The third-order valence-electron chi connectivity index (χ3n) is 8.65. The zero-order valence-corrected chi connectivity index (χ0v) is 18.8. The number of aliphatic hydroxyl groups is 3. The van der Waals surface area contributed by atoms with Gasteiger partial charge in [0.25, 0.3) is 0 Å². The van der Waals surface area contributed by atoms with Crippen LogP contribution in [-0.4, -0.2) is 33.6 Å². The van der Waals surface area contributed by atoms with Crippen LogP contribution in [0.25, 0.3) is 0 Å². The van der Waals surface area contributed by atoms with Crippen molar-refractivity contribution in [1.82, 2.24) is 0 Å². The molecule has 3 N–H and O–H groups in total. The van der Waals surface area contributed by atoms with Crippen molar-refractivity contribution in [2.45, 2.75) is 89.9 Å². The van der Waals surface area contributed by atoms with E-state index in [0.29, 0.717) is 41.9 Å². The molecule has 0 aromatic heterocycles. The Morgan fingerprint density at radius 1 is 1.10 bits per heavy atom. The summed E-state index contributed by atoms with van der Waals surface area (Å²) in [6, 6.07) is 0. The highest BCUT2D eigenvalue weighted by Crippen LogP contribution is 2.59. The minimum atomic E-state index is -0.621. The summed E-state index contributed by atoms with van der Waals surface area (Å²) in [7, 11) is 0. The molecule has 30 heavy (non-hydrogen) atoms. The van der Waals surface area contributed by atoms with Crippen LogP contribution < -0.4 is 0 Å². The van der Waals surface area contributed by atoms with Gasteiger partial charge in [-0.1, -0.05) is 50.3 Å². The van der Waals surface area contributed by atoms with Crippen molar-refractivity contribution in [1.29, 1.82) is 0 Å². The number of fused-ring (bicyclic) bond motifs is 1. The number of rotatable bonds is 5. The van der Waals surface area contributed by atoms with Crippen molar-refractivity contribution in [3.63, 3.8) is 0 Å². The Kier molecular flexibility index (Phi) is 6.44. The molecule has 3 heteroatoms. The minimum Gasteiger partial charge on any atom is -0.393 e. The predicted octanol–water partition coefficient (Wildman–Crippen LogP) is 5.09. The summed E-state index contributed by atoms with van der Waals surface area (Å²) in [5.74, 6) is 2.28. The molecule has 0 saturated heterocycles. The Labute approximate surface area is 182 Å². The van der Waals surface area contributed by atoms with Crippen LogP contribution in [0.1, 0.15) is 71.6 Å². The van der Waals surface area contributed by atoms with Gasteiger partial charge in [-0.3, -0.25) is 0 Å². The minimum absolute atomic E-state index is 0.250. The average Bonchev–Trinajstić information content (AvgIpc) is 3.49. The molecule has 4 rings (SSSR count). The first-order chi connectivity index (χ1) is 14.3. The number of aliphatic hydroxyl groups excluding tert-OH is 3. The topological polar surface area (TPSA) is 60.7 Å². The van der Waals surface area contributed by atoms with E-state index in [4.69, 9.17) is 0 Å². The van der Waals surface area contributed by atoms with E-state index in [1.54, 1.807) is 0 Å². The van der Waals surface area contributed by atoms with Crippen LogP contribution in [0.5, 0.6) is 0 Å². The Balaban J connectivity index is 1.48. The van der Waals surface area contributed by atoms with Gasteiger partial charge in [0, 0.05) is 6.42 Å². The Morgan fingerprint density at radius 2 is 1.87 bits per heavy atom. The largest absolute Gasteiger partial charge is 0.393 e.